The maximum absolute atomic E-state index is 8.84. The van der Waals surface area contributed by atoms with E-state index in [1.807, 2.05) is 6.08 Å². The Morgan fingerprint density at radius 2 is 1.68 bits per heavy atom. The molecule has 2 nitrogen and oxygen atoms in total. The van der Waals surface area contributed by atoms with Crippen LogP contribution in [-0.4, -0.2) is 12.7 Å². The Morgan fingerprint density at radius 3 is 2.25 bits per heavy atom. The molecule has 28 heavy (non-hydrogen) atoms. The summed E-state index contributed by atoms with van der Waals surface area (Å²) in [7, 11) is 1.79. The van der Waals surface area contributed by atoms with Crippen molar-refractivity contribution in [2.45, 2.75) is 89.1 Å². The highest BCUT2D eigenvalue weighted by Crippen LogP contribution is 2.45. The van der Waals surface area contributed by atoms with Crippen LogP contribution in [0, 0.1) is 23.2 Å². The van der Waals surface area contributed by atoms with Crippen molar-refractivity contribution < 1.29 is 4.74 Å². The zero-order valence-corrected chi connectivity index (χ0v) is 17.8. The fraction of sp³-hybridized carbons (Fsp3) is 0.654. The predicted molar refractivity (Wildman–Crippen MR) is 116 cm³/mol. The lowest BCUT2D eigenvalue weighted by molar-refractivity contribution is -0.0192. The third kappa shape index (κ3) is 5.26. The van der Waals surface area contributed by atoms with Crippen LogP contribution in [0.4, 0.5) is 0 Å². The van der Waals surface area contributed by atoms with E-state index in [0.29, 0.717) is 0 Å². The first kappa shape index (κ1) is 21.1. The summed E-state index contributed by atoms with van der Waals surface area (Å²) in [5.41, 5.74) is 2.86. The largest absolute Gasteiger partial charge is 0.374 e. The van der Waals surface area contributed by atoms with Gasteiger partial charge in [-0.15, -0.1) is 0 Å². The number of ether oxygens (including phenoxy) is 1. The van der Waals surface area contributed by atoms with E-state index in [9.17, 15) is 0 Å². The number of allylic oxidation sites excluding steroid dienone is 1. The van der Waals surface area contributed by atoms with Gasteiger partial charge in [0.25, 0.3) is 0 Å². The van der Waals surface area contributed by atoms with Gasteiger partial charge in [0.1, 0.15) is 0 Å². The number of hydrogen-bond donors (Lipinski definition) is 0. The molecular formula is C26H37NO. The lowest BCUT2D eigenvalue weighted by Crippen LogP contribution is -2.36. The van der Waals surface area contributed by atoms with E-state index in [1.165, 1.54) is 63.4 Å². The molecule has 2 fully saturated rings. The monoisotopic (exact) mass is 379 g/mol. The Balaban J connectivity index is 1.48. The van der Waals surface area contributed by atoms with E-state index in [-0.39, 0.29) is 5.60 Å². The van der Waals surface area contributed by atoms with Gasteiger partial charge in [-0.2, -0.15) is 5.26 Å². The lowest BCUT2D eigenvalue weighted by atomic mass is 9.67. The van der Waals surface area contributed by atoms with Crippen LogP contribution in [0.2, 0.25) is 0 Å². The van der Waals surface area contributed by atoms with Crippen LogP contribution in [0.1, 0.15) is 88.2 Å². The molecule has 0 spiro atoms. The highest BCUT2D eigenvalue weighted by molar-refractivity contribution is 5.26. The zero-order chi connectivity index (χ0) is 19.8. The summed E-state index contributed by atoms with van der Waals surface area (Å²) in [5, 5.41) is 8.84. The molecule has 2 saturated carbocycles. The van der Waals surface area contributed by atoms with Crippen molar-refractivity contribution in [3.05, 3.63) is 47.5 Å². The molecule has 0 heterocycles. The standard InChI is InChI=1S/C26H37NO/c1-3-4-6-21-7-9-22(10-8-21)23-11-13-24(14-12-23)25-15-18-26(28-2,19-16-25)17-5-20-27/h5,7-10,17,23-25H,3-4,6,11-16,18-19H2,1-2H3. The van der Waals surface area contributed by atoms with Crippen molar-refractivity contribution in [1.29, 1.82) is 5.26 Å². The van der Waals surface area contributed by atoms with Gasteiger partial charge in [0, 0.05) is 13.2 Å². The quantitative estimate of drug-likeness (QED) is 0.480. The Morgan fingerprint density at radius 1 is 1.04 bits per heavy atom. The second kappa shape index (κ2) is 10.3. The molecule has 0 amide bonds. The van der Waals surface area contributed by atoms with Gasteiger partial charge in [-0.3, -0.25) is 0 Å². The SMILES string of the molecule is CCCCc1ccc(C2CCC(C3CCC(C=CC#N)(OC)CC3)CC2)cc1. The third-order valence-electron chi connectivity index (χ3n) is 7.45. The van der Waals surface area contributed by atoms with Gasteiger partial charge < -0.3 is 4.74 Å². The number of nitriles is 1. The second-order valence-corrected chi connectivity index (χ2v) is 9.03. The first-order valence-electron chi connectivity index (χ1n) is 11.4. The van der Waals surface area contributed by atoms with Gasteiger partial charge in [-0.1, -0.05) is 37.6 Å². The van der Waals surface area contributed by atoms with Crippen LogP contribution in [0.25, 0.3) is 0 Å². The summed E-state index contributed by atoms with van der Waals surface area (Å²) in [4.78, 5) is 0. The minimum atomic E-state index is -0.192. The summed E-state index contributed by atoms with van der Waals surface area (Å²) in [6.07, 6.45) is 17.4. The van der Waals surface area contributed by atoms with E-state index in [4.69, 9.17) is 10.00 Å². The maximum atomic E-state index is 8.84. The smallest absolute Gasteiger partial charge is 0.0909 e. The number of hydrogen-bond acceptors (Lipinski definition) is 2. The molecular weight excluding hydrogens is 342 g/mol. The summed E-state index contributed by atoms with van der Waals surface area (Å²) >= 11 is 0. The molecule has 0 bridgehead atoms. The highest BCUT2D eigenvalue weighted by Gasteiger charge is 2.37. The molecule has 3 rings (SSSR count). The molecule has 0 aromatic heterocycles. The average Bonchev–Trinajstić information content (AvgIpc) is 2.77. The molecule has 152 valence electrons. The van der Waals surface area contributed by atoms with E-state index < -0.39 is 0 Å². The first-order valence-corrected chi connectivity index (χ1v) is 11.4. The molecule has 1 aromatic carbocycles. The van der Waals surface area contributed by atoms with E-state index >= 15 is 0 Å². The molecule has 0 aliphatic heterocycles. The number of benzene rings is 1. The molecule has 0 radical (unpaired) electrons. The van der Waals surface area contributed by atoms with Crippen LogP contribution >= 0.6 is 0 Å². The van der Waals surface area contributed by atoms with Gasteiger partial charge in [0.2, 0.25) is 0 Å². The van der Waals surface area contributed by atoms with Crippen LogP contribution in [0.5, 0.6) is 0 Å². The Kier molecular flexibility index (Phi) is 7.74. The minimum Gasteiger partial charge on any atom is -0.374 e. The topological polar surface area (TPSA) is 33.0 Å². The molecule has 0 atom stereocenters. The maximum Gasteiger partial charge on any atom is 0.0909 e. The Labute approximate surface area is 172 Å². The van der Waals surface area contributed by atoms with Crippen molar-refractivity contribution in [3.8, 4) is 6.07 Å². The Hall–Kier alpha value is -1.59. The molecule has 0 unspecified atom stereocenters. The molecule has 1 aromatic rings. The fourth-order valence-electron chi connectivity index (χ4n) is 5.49. The molecule has 2 aliphatic carbocycles. The van der Waals surface area contributed by atoms with E-state index in [2.05, 4.69) is 37.3 Å². The first-order chi connectivity index (χ1) is 13.7. The Bertz CT molecular complexity index is 653. The molecule has 2 aliphatic rings. The zero-order valence-electron chi connectivity index (χ0n) is 17.8. The number of unbranched alkanes of at least 4 members (excludes halogenated alkanes) is 1. The molecule has 0 N–H and O–H groups in total. The fourth-order valence-corrected chi connectivity index (χ4v) is 5.49. The van der Waals surface area contributed by atoms with Crippen LogP contribution < -0.4 is 0 Å². The van der Waals surface area contributed by atoms with Gasteiger partial charge in [-0.25, -0.2) is 0 Å². The van der Waals surface area contributed by atoms with Crippen LogP contribution in [0.15, 0.2) is 36.4 Å². The second-order valence-electron chi connectivity index (χ2n) is 9.03. The molecule has 0 saturated heterocycles. The number of aryl methyl sites for hydroxylation is 1. The van der Waals surface area contributed by atoms with Crippen molar-refractivity contribution in [2.24, 2.45) is 11.8 Å². The van der Waals surface area contributed by atoms with Crippen molar-refractivity contribution >= 4 is 0 Å². The summed E-state index contributed by atoms with van der Waals surface area (Å²) in [5.74, 6) is 2.49. The minimum absolute atomic E-state index is 0.192. The van der Waals surface area contributed by atoms with Crippen molar-refractivity contribution in [3.63, 3.8) is 0 Å². The average molecular weight is 380 g/mol. The van der Waals surface area contributed by atoms with Gasteiger partial charge in [-0.05, 0) is 99.2 Å². The van der Waals surface area contributed by atoms with Gasteiger partial charge in [0.15, 0.2) is 0 Å². The predicted octanol–water partition coefficient (Wildman–Crippen LogP) is 6.96. The van der Waals surface area contributed by atoms with Crippen molar-refractivity contribution in [2.75, 3.05) is 7.11 Å². The lowest BCUT2D eigenvalue weighted by Gasteiger charge is -2.41. The van der Waals surface area contributed by atoms with Gasteiger partial charge in [0.05, 0.1) is 11.7 Å². The van der Waals surface area contributed by atoms with Crippen molar-refractivity contribution in [1.82, 2.24) is 0 Å². The van der Waals surface area contributed by atoms with E-state index in [1.54, 1.807) is 18.7 Å². The third-order valence-corrected chi connectivity index (χ3v) is 7.45. The summed E-state index contributed by atoms with van der Waals surface area (Å²) in [6.45, 7) is 2.26. The normalized spacial score (nSPS) is 31.0. The van der Waals surface area contributed by atoms with E-state index in [0.717, 1.165) is 30.6 Å². The highest BCUT2D eigenvalue weighted by atomic mass is 16.5. The summed E-state index contributed by atoms with van der Waals surface area (Å²) in [6, 6.07) is 11.6. The van der Waals surface area contributed by atoms with Gasteiger partial charge >= 0.3 is 0 Å². The number of rotatable bonds is 7. The number of methoxy groups -OCH3 is 1. The molecule has 2 heteroatoms. The number of nitrogens with zero attached hydrogens (tertiary/aromatic N) is 1. The van der Waals surface area contributed by atoms with Crippen LogP contribution in [0.3, 0.4) is 0 Å². The van der Waals surface area contributed by atoms with Crippen LogP contribution in [-0.2, 0) is 11.2 Å². The summed E-state index contributed by atoms with van der Waals surface area (Å²) < 4.78 is 5.79.